The Hall–Kier alpha value is -1.16. The molecule has 0 aliphatic heterocycles. The first-order valence-electron chi connectivity index (χ1n) is 5.75. The lowest BCUT2D eigenvalue weighted by atomic mass is 10.3. The normalized spacial score (nSPS) is 14.6. The number of hydrogen-bond acceptors (Lipinski definition) is 2. The van der Waals surface area contributed by atoms with Gasteiger partial charge in [0, 0.05) is 18.8 Å². The summed E-state index contributed by atoms with van der Waals surface area (Å²) in [6.45, 7) is 3.81. The highest BCUT2D eigenvalue weighted by atomic mass is 32.1. The molecule has 86 valence electrons. The van der Waals surface area contributed by atoms with Gasteiger partial charge in [-0.3, -0.25) is 4.98 Å². The molecule has 0 atom stereocenters. The Bertz CT molecular complexity index is 349. The van der Waals surface area contributed by atoms with Crippen molar-refractivity contribution in [1.29, 1.82) is 0 Å². The van der Waals surface area contributed by atoms with Crippen LogP contribution >= 0.6 is 12.2 Å². The summed E-state index contributed by atoms with van der Waals surface area (Å²) in [7, 11) is 0. The fourth-order valence-corrected chi connectivity index (χ4v) is 1.87. The molecule has 16 heavy (non-hydrogen) atoms. The monoisotopic (exact) mass is 235 g/mol. The van der Waals surface area contributed by atoms with Crippen molar-refractivity contribution in [2.75, 3.05) is 6.54 Å². The predicted molar refractivity (Wildman–Crippen MR) is 69.1 cm³/mol. The molecule has 0 spiro atoms. The molecule has 1 aliphatic rings. The highest BCUT2D eigenvalue weighted by Crippen LogP contribution is 2.19. The topological polar surface area (TPSA) is 28.2 Å². The number of rotatable bonds is 4. The van der Waals surface area contributed by atoms with E-state index in [0.717, 1.165) is 23.9 Å². The number of nitrogens with zero attached hydrogens (tertiary/aromatic N) is 2. The smallest absolute Gasteiger partial charge is 0.169 e. The van der Waals surface area contributed by atoms with Crippen LogP contribution in [0.15, 0.2) is 24.4 Å². The molecular weight excluding hydrogens is 218 g/mol. The van der Waals surface area contributed by atoms with E-state index < -0.39 is 0 Å². The van der Waals surface area contributed by atoms with Gasteiger partial charge >= 0.3 is 0 Å². The van der Waals surface area contributed by atoms with Gasteiger partial charge in [-0.2, -0.15) is 0 Å². The maximum atomic E-state index is 5.38. The average molecular weight is 235 g/mol. The first kappa shape index (κ1) is 11.3. The Morgan fingerprint density at radius 2 is 2.38 bits per heavy atom. The van der Waals surface area contributed by atoms with Crippen molar-refractivity contribution >= 4 is 17.3 Å². The van der Waals surface area contributed by atoms with E-state index in [2.05, 4.69) is 22.1 Å². The van der Waals surface area contributed by atoms with Crippen LogP contribution in [0.3, 0.4) is 0 Å². The first-order chi connectivity index (χ1) is 7.79. The van der Waals surface area contributed by atoms with E-state index >= 15 is 0 Å². The maximum absolute atomic E-state index is 5.38. The summed E-state index contributed by atoms with van der Waals surface area (Å²) in [4.78, 5) is 6.46. The largest absolute Gasteiger partial charge is 0.360 e. The second kappa shape index (κ2) is 5.25. The standard InChI is InChI=1S/C12H17N3S/c1-2-15(12(16)14-10-6-7-10)9-11-5-3-4-8-13-11/h3-5,8,10H,2,6-7,9H2,1H3,(H,14,16). The van der Waals surface area contributed by atoms with Crippen molar-refractivity contribution in [3.05, 3.63) is 30.1 Å². The summed E-state index contributed by atoms with van der Waals surface area (Å²) in [6, 6.07) is 6.58. The zero-order valence-electron chi connectivity index (χ0n) is 9.52. The Morgan fingerprint density at radius 1 is 1.56 bits per heavy atom. The summed E-state index contributed by atoms with van der Waals surface area (Å²) in [6.07, 6.45) is 4.32. The van der Waals surface area contributed by atoms with E-state index in [-0.39, 0.29) is 0 Å². The number of aromatic nitrogens is 1. The van der Waals surface area contributed by atoms with Crippen LogP contribution in [0.1, 0.15) is 25.5 Å². The van der Waals surface area contributed by atoms with E-state index in [1.807, 2.05) is 24.4 Å². The Balaban J connectivity index is 1.91. The van der Waals surface area contributed by atoms with Crippen LogP contribution in [0.25, 0.3) is 0 Å². The summed E-state index contributed by atoms with van der Waals surface area (Å²) in [5, 5.41) is 4.21. The SMILES string of the molecule is CCN(Cc1ccccn1)C(=S)NC1CC1. The molecule has 1 heterocycles. The Morgan fingerprint density at radius 3 is 2.94 bits per heavy atom. The van der Waals surface area contributed by atoms with Crippen LogP contribution in [-0.4, -0.2) is 27.6 Å². The summed E-state index contributed by atoms with van der Waals surface area (Å²) in [5.41, 5.74) is 1.06. The molecule has 1 saturated carbocycles. The third-order valence-corrected chi connectivity index (χ3v) is 3.03. The minimum absolute atomic E-state index is 0.616. The molecule has 1 aromatic rings. The van der Waals surface area contributed by atoms with Crippen LogP contribution in [0.2, 0.25) is 0 Å². The molecule has 0 amide bonds. The molecule has 1 fully saturated rings. The van der Waals surface area contributed by atoms with Gasteiger partial charge in [-0.1, -0.05) is 6.07 Å². The molecule has 0 unspecified atom stereocenters. The molecule has 0 saturated heterocycles. The van der Waals surface area contributed by atoms with Crippen molar-refractivity contribution in [3.63, 3.8) is 0 Å². The molecule has 4 heteroatoms. The van der Waals surface area contributed by atoms with Gasteiger partial charge < -0.3 is 10.2 Å². The van der Waals surface area contributed by atoms with Crippen molar-refractivity contribution in [1.82, 2.24) is 15.2 Å². The quantitative estimate of drug-likeness (QED) is 0.807. The Labute approximate surface area is 102 Å². The fourth-order valence-electron chi connectivity index (χ4n) is 1.51. The van der Waals surface area contributed by atoms with Crippen LogP contribution in [0.5, 0.6) is 0 Å². The van der Waals surface area contributed by atoms with Gasteiger partial charge in [-0.25, -0.2) is 0 Å². The molecule has 1 aromatic heterocycles. The van der Waals surface area contributed by atoms with Crippen LogP contribution in [0, 0.1) is 0 Å². The summed E-state index contributed by atoms with van der Waals surface area (Å²) in [5.74, 6) is 0. The van der Waals surface area contributed by atoms with E-state index in [1.165, 1.54) is 12.8 Å². The molecule has 0 aromatic carbocycles. The van der Waals surface area contributed by atoms with Gasteiger partial charge in [0.15, 0.2) is 5.11 Å². The van der Waals surface area contributed by atoms with Gasteiger partial charge in [0.2, 0.25) is 0 Å². The average Bonchev–Trinajstić information content (AvgIpc) is 3.11. The minimum atomic E-state index is 0.616. The van der Waals surface area contributed by atoms with E-state index in [1.54, 1.807) is 0 Å². The molecule has 0 radical (unpaired) electrons. The van der Waals surface area contributed by atoms with Crippen LogP contribution in [-0.2, 0) is 6.54 Å². The lowest BCUT2D eigenvalue weighted by Crippen LogP contribution is -2.40. The zero-order chi connectivity index (χ0) is 11.4. The fraction of sp³-hybridized carbons (Fsp3) is 0.500. The number of pyridine rings is 1. The second-order valence-corrected chi connectivity index (χ2v) is 4.45. The molecular formula is C12H17N3S. The van der Waals surface area contributed by atoms with Gasteiger partial charge in [0.1, 0.15) is 0 Å². The van der Waals surface area contributed by atoms with Crippen molar-refractivity contribution < 1.29 is 0 Å². The molecule has 2 rings (SSSR count). The van der Waals surface area contributed by atoms with Crippen molar-refractivity contribution in [2.24, 2.45) is 0 Å². The molecule has 0 bridgehead atoms. The molecule has 3 nitrogen and oxygen atoms in total. The minimum Gasteiger partial charge on any atom is -0.360 e. The van der Waals surface area contributed by atoms with E-state index in [4.69, 9.17) is 12.2 Å². The van der Waals surface area contributed by atoms with E-state index in [9.17, 15) is 0 Å². The predicted octanol–water partition coefficient (Wildman–Crippen LogP) is 1.94. The number of thiocarbonyl (C=S) groups is 1. The third-order valence-electron chi connectivity index (χ3n) is 2.65. The molecule has 1 aliphatic carbocycles. The highest BCUT2D eigenvalue weighted by Gasteiger charge is 2.23. The van der Waals surface area contributed by atoms with Gasteiger partial charge in [-0.15, -0.1) is 0 Å². The maximum Gasteiger partial charge on any atom is 0.169 e. The lowest BCUT2D eigenvalue weighted by molar-refractivity contribution is 0.421. The zero-order valence-corrected chi connectivity index (χ0v) is 10.3. The molecule has 1 N–H and O–H groups in total. The Kier molecular flexibility index (Phi) is 3.72. The van der Waals surface area contributed by atoms with Gasteiger partial charge in [-0.05, 0) is 44.1 Å². The first-order valence-corrected chi connectivity index (χ1v) is 6.15. The number of nitrogens with one attached hydrogen (secondary N) is 1. The third kappa shape index (κ3) is 3.17. The summed E-state index contributed by atoms with van der Waals surface area (Å²) >= 11 is 5.38. The number of hydrogen-bond donors (Lipinski definition) is 1. The second-order valence-electron chi connectivity index (χ2n) is 4.06. The highest BCUT2D eigenvalue weighted by molar-refractivity contribution is 7.80. The lowest BCUT2D eigenvalue weighted by Gasteiger charge is -2.23. The summed E-state index contributed by atoms with van der Waals surface area (Å²) < 4.78 is 0. The van der Waals surface area contributed by atoms with Gasteiger partial charge in [0.05, 0.1) is 12.2 Å². The van der Waals surface area contributed by atoms with E-state index in [0.29, 0.717) is 6.04 Å². The van der Waals surface area contributed by atoms with Crippen LogP contribution in [0.4, 0.5) is 0 Å². The van der Waals surface area contributed by atoms with Crippen molar-refractivity contribution in [3.8, 4) is 0 Å². The van der Waals surface area contributed by atoms with Crippen LogP contribution < -0.4 is 5.32 Å². The van der Waals surface area contributed by atoms with Crippen molar-refractivity contribution in [2.45, 2.75) is 32.4 Å². The van der Waals surface area contributed by atoms with Gasteiger partial charge in [0.25, 0.3) is 0 Å².